The molecule has 0 unspecified atom stereocenters. The number of carbonyl (C=O) groups is 1. The molecule has 2 N–H and O–H groups in total. The van der Waals surface area contributed by atoms with Gasteiger partial charge in [-0.2, -0.15) is 0 Å². The van der Waals surface area contributed by atoms with Gasteiger partial charge in [0.25, 0.3) is 0 Å². The standard InChI is InChI=1S/C14H16N4O/c1-11-4-2-3-5-12(11)6-9-16-14(19)18-13-7-8-15-10-17-13/h2-5,7-8,10H,6,9H2,1H3,(H2,15,16,17,18,19). The third-order valence-corrected chi connectivity index (χ3v) is 2.76. The highest BCUT2D eigenvalue weighted by molar-refractivity contribution is 5.88. The first-order valence-corrected chi connectivity index (χ1v) is 6.11. The van der Waals surface area contributed by atoms with E-state index in [1.807, 2.05) is 12.1 Å². The molecule has 0 aliphatic carbocycles. The molecule has 2 aromatic rings. The van der Waals surface area contributed by atoms with Crippen LogP contribution in [0.15, 0.2) is 42.9 Å². The van der Waals surface area contributed by atoms with Gasteiger partial charge in [-0.1, -0.05) is 24.3 Å². The van der Waals surface area contributed by atoms with Crippen molar-refractivity contribution >= 4 is 11.8 Å². The Kier molecular flexibility index (Phi) is 4.44. The van der Waals surface area contributed by atoms with E-state index in [0.29, 0.717) is 12.4 Å². The number of anilines is 1. The Labute approximate surface area is 112 Å². The number of urea groups is 1. The summed E-state index contributed by atoms with van der Waals surface area (Å²) in [6, 6.07) is 9.53. The summed E-state index contributed by atoms with van der Waals surface area (Å²) in [6.45, 7) is 2.65. The molecule has 1 heterocycles. The highest BCUT2D eigenvalue weighted by atomic mass is 16.2. The predicted octanol–water partition coefficient (Wildman–Crippen LogP) is 2.15. The number of aromatic nitrogens is 2. The van der Waals surface area contributed by atoms with E-state index in [0.717, 1.165) is 6.42 Å². The molecule has 98 valence electrons. The maximum atomic E-state index is 11.6. The van der Waals surface area contributed by atoms with E-state index in [4.69, 9.17) is 0 Å². The van der Waals surface area contributed by atoms with Crippen molar-refractivity contribution < 1.29 is 4.79 Å². The van der Waals surface area contributed by atoms with Crippen molar-refractivity contribution in [1.82, 2.24) is 15.3 Å². The van der Waals surface area contributed by atoms with Crippen LogP contribution < -0.4 is 10.6 Å². The first-order valence-electron chi connectivity index (χ1n) is 6.11. The fourth-order valence-corrected chi connectivity index (χ4v) is 1.73. The Hall–Kier alpha value is -2.43. The number of aryl methyl sites for hydroxylation is 1. The summed E-state index contributed by atoms with van der Waals surface area (Å²) < 4.78 is 0. The van der Waals surface area contributed by atoms with Gasteiger partial charge in [0, 0.05) is 12.7 Å². The number of carbonyl (C=O) groups excluding carboxylic acids is 1. The van der Waals surface area contributed by atoms with Gasteiger partial charge in [-0.25, -0.2) is 14.8 Å². The van der Waals surface area contributed by atoms with Crippen LogP contribution >= 0.6 is 0 Å². The molecule has 0 saturated carbocycles. The van der Waals surface area contributed by atoms with Gasteiger partial charge in [0.2, 0.25) is 0 Å². The predicted molar refractivity (Wildman–Crippen MR) is 73.9 cm³/mol. The van der Waals surface area contributed by atoms with Crippen molar-refractivity contribution in [2.45, 2.75) is 13.3 Å². The minimum absolute atomic E-state index is 0.257. The molecule has 0 fully saturated rings. The zero-order chi connectivity index (χ0) is 13.5. The van der Waals surface area contributed by atoms with Crippen molar-refractivity contribution in [1.29, 1.82) is 0 Å². The Morgan fingerprint density at radius 2 is 2.11 bits per heavy atom. The van der Waals surface area contributed by atoms with Crippen molar-refractivity contribution in [3.05, 3.63) is 54.0 Å². The Morgan fingerprint density at radius 1 is 1.26 bits per heavy atom. The van der Waals surface area contributed by atoms with E-state index in [-0.39, 0.29) is 6.03 Å². The molecule has 2 rings (SSSR count). The topological polar surface area (TPSA) is 66.9 Å². The third-order valence-electron chi connectivity index (χ3n) is 2.76. The second-order valence-electron chi connectivity index (χ2n) is 4.15. The summed E-state index contributed by atoms with van der Waals surface area (Å²) >= 11 is 0. The Balaban J connectivity index is 1.77. The minimum atomic E-state index is -0.257. The molecule has 0 aliphatic rings. The number of amides is 2. The molecule has 0 saturated heterocycles. The zero-order valence-corrected chi connectivity index (χ0v) is 10.8. The number of rotatable bonds is 4. The molecule has 0 atom stereocenters. The fraction of sp³-hybridized carbons (Fsp3) is 0.214. The largest absolute Gasteiger partial charge is 0.337 e. The summed E-state index contributed by atoms with van der Waals surface area (Å²) in [6.07, 6.45) is 3.78. The molecular formula is C14H16N4O. The lowest BCUT2D eigenvalue weighted by atomic mass is 10.1. The molecule has 0 radical (unpaired) electrons. The van der Waals surface area contributed by atoms with E-state index < -0.39 is 0 Å². The fourth-order valence-electron chi connectivity index (χ4n) is 1.73. The van der Waals surface area contributed by atoms with Gasteiger partial charge in [-0.15, -0.1) is 0 Å². The highest BCUT2D eigenvalue weighted by Gasteiger charge is 2.02. The second-order valence-corrected chi connectivity index (χ2v) is 4.15. The number of hydrogen-bond donors (Lipinski definition) is 2. The van der Waals surface area contributed by atoms with E-state index in [2.05, 4.69) is 39.7 Å². The van der Waals surface area contributed by atoms with Crippen LogP contribution in [0.3, 0.4) is 0 Å². The van der Waals surface area contributed by atoms with Crippen LogP contribution in [0.4, 0.5) is 10.6 Å². The highest BCUT2D eigenvalue weighted by Crippen LogP contribution is 2.06. The summed E-state index contributed by atoms with van der Waals surface area (Å²) in [5.41, 5.74) is 2.48. The summed E-state index contributed by atoms with van der Waals surface area (Å²) in [4.78, 5) is 19.3. The van der Waals surface area contributed by atoms with Crippen LogP contribution in [0.1, 0.15) is 11.1 Å². The SMILES string of the molecule is Cc1ccccc1CCNC(=O)Nc1ccncn1. The van der Waals surface area contributed by atoms with Crippen molar-refractivity contribution in [2.24, 2.45) is 0 Å². The number of nitrogens with one attached hydrogen (secondary N) is 2. The van der Waals surface area contributed by atoms with Gasteiger partial charge in [0.15, 0.2) is 0 Å². The maximum Gasteiger partial charge on any atom is 0.320 e. The summed E-state index contributed by atoms with van der Waals surface area (Å²) in [5.74, 6) is 0.489. The number of benzene rings is 1. The molecule has 0 aliphatic heterocycles. The summed E-state index contributed by atoms with van der Waals surface area (Å²) in [5, 5.41) is 5.44. The second kappa shape index (κ2) is 6.49. The quantitative estimate of drug-likeness (QED) is 0.880. The minimum Gasteiger partial charge on any atom is -0.337 e. The van der Waals surface area contributed by atoms with E-state index in [1.165, 1.54) is 17.5 Å². The molecule has 0 spiro atoms. The van der Waals surface area contributed by atoms with Gasteiger partial charge in [-0.3, -0.25) is 5.32 Å². The molecule has 19 heavy (non-hydrogen) atoms. The molecule has 1 aromatic carbocycles. The Morgan fingerprint density at radius 3 is 2.84 bits per heavy atom. The zero-order valence-electron chi connectivity index (χ0n) is 10.8. The van der Waals surface area contributed by atoms with Crippen LogP contribution in [-0.2, 0) is 6.42 Å². The molecule has 2 amide bonds. The lowest BCUT2D eigenvalue weighted by molar-refractivity contribution is 0.252. The van der Waals surface area contributed by atoms with Crippen LogP contribution in [0, 0.1) is 6.92 Å². The average Bonchev–Trinajstić information content (AvgIpc) is 2.42. The van der Waals surface area contributed by atoms with Crippen molar-refractivity contribution in [2.75, 3.05) is 11.9 Å². The van der Waals surface area contributed by atoms with Gasteiger partial charge < -0.3 is 5.32 Å². The number of hydrogen-bond acceptors (Lipinski definition) is 3. The molecule has 0 bridgehead atoms. The monoisotopic (exact) mass is 256 g/mol. The van der Waals surface area contributed by atoms with Crippen LogP contribution in [0.25, 0.3) is 0 Å². The Bertz CT molecular complexity index is 542. The average molecular weight is 256 g/mol. The van der Waals surface area contributed by atoms with E-state index >= 15 is 0 Å². The van der Waals surface area contributed by atoms with Crippen molar-refractivity contribution in [3.63, 3.8) is 0 Å². The van der Waals surface area contributed by atoms with Crippen molar-refractivity contribution in [3.8, 4) is 0 Å². The molecule has 5 nitrogen and oxygen atoms in total. The van der Waals surface area contributed by atoms with Gasteiger partial charge in [0.1, 0.15) is 12.1 Å². The van der Waals surface area contributed by atoms with Crippen LogP contribution in [0.5, 0.6) is 0 Å². The third kappa shape index (κ3) is 4.06. The summed E-state index contributed by atoms with van der Waals surface area (Å²) in [7, 11) is 0. The van der Waals surface area contributed by atoms with Crippen LogP contribution in [0.2, 0.25) is 0 Å². The van der Waals surface area contributed by atoms with Crippen LogP contribution in [-0.4, -0.2) is 22.5 Å². The van der Waals surface area contributed by atoms with E-state index in [1.54, 1.807) is 12.3 Å². The molecule has 5 heteroatoms. The lowest BCUT2D eigenvalue weighted by Crippen LogP contribution is -2.30. The van der Waals surface area contributed by atoms with Gasteiger partial charge >= 0.3 is 6.03 Å². The normalized spacial score (nSPS) is 9.95. The smallest absolute Gasteiger partial charge is 0.320 e. The van der Waals surface area contributed by atoms with Gasteiger partial charge in [-0.05, 0) is 30.5 Å². The van der Waals surface area contributed by atoms with E-state index in [9.17, 15) is 4.79 Å². The first kappa shape index (κ1) is 13.0. The molecule has 1 aromatic heterocycles. The lowest BCUT2D eigenvalue weighted by Gasteiger charge is -2.08. The van der Waals surface area contributed by atoms with Gasteiger partial charge in [0.05, 0.1) is 0 Å². The first-order chi connectivity index (χ1) is 9.25. The number of nitrogens with zero attached hydrogens (tertiary/aromatic N) is 2. The molecular weight excluding hydrogens is 240 g/mol. The maximum absolute atomic E-state index is 11.6.